The van der Waals surface area contributed by atoms with Gasteiger partial charge in [-0.2, -0.15) is 5.26 Å². The molecule has 0 fully saturated rings. The van der Waals surface area contributed by atoms with Crippen LogP contribution in [0.5, 0.6) is 0 Å². The molecular weight excluding hydrogens is 286 g/mol. The molecule has 0 aliphatic carbocycles. The Balaban J connectivity index is 2.07. The predicted molar refractivity (Wildman–Crippen MR) is 93.5 cm³/mol. The molecule has 1 amide bonds. The number of nitrogens with zero attached hydrogens (tertiary/aromatic N) is 1. The maximum Gasteiger partial charge on any atom is 0.243 e. The average molecular weight is 307 g/mol. The van der Waals surface area contributed by atoms with Gasteiger partial charge < -0.3 is 10.6 Å². The topological polar surface area (TPSA) is 64.9 Å². The smallest absolute Gasteiger partial charge is 0.243 e. The number of hydrogen-bond acceptors (Lipinski definition) is 3. The molecule has 0 radical (unpaired) electrons. The van der Waals surface area contributed by atoms with Gasteiger partial charge in [0.05, 0.1) is 17.8 Å². The number of nitrogens with one attached hydrogen (secondary N) is 2. The van der Waals surface area contributed by atoms with E-state index in [1.165, 1.54) is 5.56 Å². The Morgan fingerprint density at radius 2 is 1.91 bits per heavy atom. The van der Waals surface area contributed by atoms with E-state index in [1.54, 1.807) is 24.3 Å². The van der Waals surface area contributed by atoms with Gasteiger partial charge in [-0.05, 0) is 36.1 Å². The zero-order chi connectivity index (χ0) is 16.8. The van der Waals surface area contributed by atoms with Crippen LogP contribution in [0.25, 0.3) is 0 Å². The molecule has 0 spiro atoms. The Kier molecular flexibility index (Phi) is 5.37. The molecule has 23 heavy (non-hydrogen) atoms. The van der Waals surface area contributed by atoms with Crippen molar-refractivity contribution in [1.82, 2.24) is 0 Å². The highest BCUT2D eigenvalue weighted by molar-refractivity contribution is 5.95. The second-order valence-corrected chi connectivity index (χ2v) is 5.75. The molecule has 0 heterocycles. The summed E-state index contributed by atoms with van der Waals surface area (Å²) in [6.07, 6.45) is 0. The molecule has 0 bridgehead atoms. The van der Waals surface area contributed by atoms with E-state index in [4.69, 9.17) is 5.26 Å². The van der Waals surface area contributed by atoms with E-state index in [-0.39, 0.29) is 12.5 Å². The second-order valence-electron chi connectivity index (χ2n) is 5.75. The molecule has 0 saturated heterocycles. The van der Waals surface area contributed by atoms with Crippen LogP contribution < -0.4 is 10.6 Å². The third-order valence-corrected chi connectivity index (χ3v) is 3.67. The molecule has 2 rings (SSSR count). The second kappa shape index (κ2) is 7.46. The molecule has 0 aromatic heterocycles. The zero-order valence-corrected chi connectivity index (χ0v) is 13.7. The largest absolute Gasteiger partial charge is 0.376 e. The van der Waals surface area contributed by atoms with Crippen LogP contribution in [0.15, 0.2) is 42.5 Å². The van der Waals surface area contributed by atoms with Gasteiger partial charge in [-0.1, -0.05) is 44.2 Å². The molecule has 0 aliphatic heterocycles. The normalized spacial score (nSPS) is 10.2. The van der Waals surface area contributed by atoms with Crippen molar-refractivity contribution in [3.05, 3.63) is 59.2 Å². The molecule has 4 heteroatoms. The van der Waals surface area contributed by atoms with Crippen LogP contribution in [0.3, 0.4) is 0 Å². The van der Waals surface area contributed by atoms with Gasteiger partial charge in [0.1, 0.15) is 6.07 Å². The fraction of sp³-hybridized carbons (Fsp3) is 0.263. The molecule has 4 nitrogen and oxygen atoms in total. The van der Waals surface area contributed by atoms with Gasteiger partial charge in [-0.15, -0.1) is 0 Å². The highest BCUT2D eigenvalue weighted by Gasteiger charge is 2.11. The minimum absolute atomic E-state index is 0.157. The molecule has 0 aliphatic rings. The van der Waals surface area contributed by atoms with Crippen LogP contribution in [0.1, 0.15) is 36.5 Å². The lowest BCUT2D eigenvalue weighted by Crippen LogP contribution is -2.23. The molecule has 2 aromatic rings. The van der Waals surface area contributed by atoms with Crippen molar-refractivity contribution >= 4 is 17.3 Å². The Bertz CT molecular complexity index is 745. The van der Waals surface area contributed by atoms with E-state index in [1.807, 2.05) is 19.1 Å². The summed E-state index contributed by atoms with van der Waals surface area (Å²) in [6, 6.07) is 15.2. The van der Waals surface area contributed by atoms with Crippen LogP contribution in [0.4, 0.5) is 11.4 Å². The Hall–Kier alpha value is -2.80. The lowest BCUT2D eigenvalue weighted by molar-refractivity contribution is -0.114. The molecule has 2 aromatic carbocycles. The first kappa shape index (κ1) is 16.6. The molecule has 0 unspecified atom stereocenters. The fourth-order valence-corrected chi connectivity index (χ4v) is 2.47. The Morgan fingerprint density at radius 1 is 1.17 bits per heavy atom. The van der Waals surface area contributed by atoms with Crippen molar-refractivity contribution in [3.63, 3.8) is 0 Å². The van der Waals surface area contributed by atoms with Gasteiger partial charge in [0, 0.05) is 5.69 Å². The minimum Gasteiger partial charge on any atom is -0.376 e. The highest BCUT2D eigenvalue weighted by Crippen LogP contribution is 2.27. The summed E-state index contributed by atoms with van der Waals surface area (Å²) in [7, 11) is 0. The van der Waals surface area contributed by atoms with Crippen LogP contribution in [0, 0.1) is 18.3 Å². The Labute approximate surface area is 137 Å². The third kappa shape index (κ3) is 4.10. The monoisotopic (exact) mass is 307 g/mol. The summed E-state index contributed by atoms with van der Waals surface area (Å²) in [4.78, 5) is 12.2. The maximum absolute atomic E-state index is 12.2. The van der Waals surface area contributed by atoms with E-state index in [2.05, 4.69) is 36.6 Å². The fourth-order valence-electron chi connectivity index (χ4n) is 2.47. The lowest BCUT2D eigenvalue weighted by Gasteiger charge is -2.17. The summed E-state index contributed by atoms with van der Waals surface area (Å²) in [5, 5.41) is 15.1. The van der Waals surface area contributed by atoms with Crippen molar-refractivity contribution in [2.45, 2.75) is 26.7 Å². The van der Waals surface area contributed by atoms with Crippen molar-refractivity contribution in [1.29, 1.82) is 5.26 Å². The van der Waals surface area contributed by atoms with Crippen LogP contribution >= 0.6 is 0 Å². The SMILES string of the molecule is Cc1cccc(C(C)C)c1NCC(=O)Nc1ccccc1C#N. The summed E-state index contributed by atoms with van der Waals surface area (Å²) in [5.41, 5.74) is 4.30. The number of carbonyl (C=O) groups is 1. The molecule has 118 valence electrons. The first-order chi connectivity index (χ1) is 11.0. The number of para-hydroxylation sites is 2. The van der Waals surface area contributed by atoms with E-state index in [9.17, 15) is 4.79 Å². The lowest BCUT2D eigenvalue weighted by atomic mass is 9.98. The zero-order valence-electron chi connectivity index (χ0n) is 13.7. The van der Waals surface area contributed by atoms with E-state index in [0.717, 1.165) is 11.3 Å². The first-order valence-corrected chi connectivity index (χ1v) is 7.65. The molecule has 0 atom stereocenters. The summed E-state index contributed by atoms with van der Waals surface area (Å²) in [6.45, 7) is 6.44. The quantitative estimate of drug-likeness (QED) is 0.876. The van der Waals surface area contributed by atoms with Crippen LogP contribution in [-0.2, 0) is 4.79 Å². The molecule has 0 saturated carbocycles. The summed E-state index contributed by atoms with van der Waals surface area (Å²) in [5.74, 6) is 0.199. The number of benzene rings is 2. The van der Waals surface area contributed by atoms with E-state index in [0.29, 0.717) is 17.2 Å². The molecular formula is C19H21N3O. The number of anilines is 2. The van der Waals surface area contributed by atoms with Crippen LogP contribution in [-0.4, -0.2) is 12.5 Å². The standard InChI is InChI=1S/C19H21N3O/c1-13(2)16-9-6-7-14(3)19(16)21-12-18(23)22-17-10-5-4-8-15(17)11-20/h4-10,13,21H,12H2,1-3H3,(H,22,23). The third-order valence-electron chi connectivity index (χ3n) is 3.67. The number of nitriles is 1. The number of rotatable bonds is 5. The average Bonchev–Trinajstić information content (AvgIpc) is 2.53. The van der Waals surface area contributed by atoms with Gasteiger partial charge in [0.15, 0.2) is 0 Å². The van der Waals surface area contributed by atoms with Crippen molar-refractivity contribution < 1.29 is 4.79 Å². The Morgan fingerprint density at radius 3 is 2.61 bits per heavy atom. The van der Waals surface area contributed by atoms with Crippen LogP contribution in [0.2, 0.25) is 0 Å². The first-order valence-electron chi connectivity index (χ1n) is 7.65. The van der Waals surface area contributed by atoms with Crippen molar-refractivity contribution in [3.8, 4) is 6.07 Å². The van der Waals surface area contributed by atoms with E-state index < -0.39 is 0 Å². The maximum atomic E-state index is 12.2. The number of aryl methyl sites for hydroxylation is 1. The highest BCUT2D eigenvalue weighted by atomic mass is 16.1. The van der Waals surface area contributed by atoms with Gasteiger partial charge in [-0.3, -0.25) is 4.79 Å². The van der Waals surface area contributed by atoms with Gasteiger partial charge >= 0.3 is 0 Å². The van der Waals surface area contributed by atoms with Gasteiger partial charge in [-0.25, -0.2) is 0 Å². The van der Waals surface area contributed by atoms with Gasteiger partial charge in [0.2, 0.25) is 5.91 Å². The molecule has 2 N–H and O–H groups in total. The summed E-state index contributed by atoms with van der Waals surface area (Å²) >= 11 is 0. The minimum atomic E-state index is -0.175. The van der Waals surface area contributed by atoms with E-state index >= 15 is 0 Å². The number of hydrogen-bond donors (Lipinski definition) is 2. The summed E-state index contributed by atoms with van der Waals surface area (Å²) < 4.78 is 0. The predicted octanol–water partition coefficient (Wildman–Crippen LogP) is 4.04. The van der Waals surface area contributed by atoms with Gasteiger partial charge in [0.25, 0.3) is 0 Å². The number of carbonyl (C=O) groups excluding carboxylic acids is 1. The van der Waals surface area contributed by atoms with Crippen molar-refractivity contribution in [2.24, 2.45) is 0 Å². The van der Waals surface area contributed by atoms with Crippen molar-refractivity contribution in [2.75, 3.05) is 17.2 Å². The number of amides is 1.